The van der Waals surface area contributed by atoms with Crippen LogP contribution in [0.25, 0.3) is 11.0 Å². The van der Waals surface area contributed by atoms with Gasteiger partial charge in [-0.1, -0.05) is 44.2 Å². The predicted molar refractivity (Wildman–Crippen MR) is 137 cm³/mol. The van der Waals surface area contributed by atoms with E-state index >= 15 is 0 Å². The zero-order valence-electron chi connectivity index (χ0n) is 20.7. The fourth-order valence-corrected chi connectivity index (χ4v) is 5.16. The van der Waals surface area contributed by atoms with Crippen LogP contribution < -0.4 is 5.32 Å². The van der Waals surface area contributed by atoms with Gasteiger partial charge in [-0.05, 0) is 69.4 Å². The second-order valence-corrected chi connectivity index (χ2v) is 11.5. The molecule has 0 spiro atoms. The van der Waals surface area contributed by atoms with Crippen LogP contribution in [0.1, 0.15) is 46.6 Å². The fraction of sp³-hybridized carbons (Fsp3) is 0.444. The quantitative estimate of drug-likeness (QED) is 0.387. The van der Waals surface area contributed by atoms with Crippen LogP contribution in [-0.2, 0) is 22.1 Å². The number of nitrogens with zero attached hydrogens (tertiary/aromatic N) is 1. The van der Waals surface area contributed by atoms with Gasteiger partial charge in [0.05, 0.1) is 11.2 Å². The Morgan fingerprint density at radius 2 is 1.85 bits per heavy atom. The van der Waals surface area contributed by atoms with Gasteiger partial charge in [-0.15, -0.1) is 0 Å². The molecule has 6 nitrogen and oxygen atoms in total. The molecule has 3 rings (SSSR count). The van der Waals surface area contributed by atoms with Crippen molar-refractivity contribution in [3.63, 3.8) is 0 Å². The lowest BCUT2D eigenvalue weighted by atomic mass is 10.0. The van der Waals surface area contributed by atoms with E-state index in [1.165, 1.54) is 0 Å². The van der Waals surface area contributed by atoms with E-state index in [0.29, 0.717) is 31.8 Å². The molecule has 0 saturated carbocycles. The van der Waals surface area contributed by atoms with Crippen molar-refractivity contribution in [2.45, 2.75) is 64.0 Å². The Morgan fingerprint density at radius 1 is 1.12 bits per heavy atom. The summed E-state index contributed by atoms with van der Waals surface area (Å²) < 4.78 is 26.4. The largest absolute Gasteiger partial charge is 0.464 e. The molecule has 34 heavy (non-hydrogen) atoms. The molecule has 1 heterocycles. The number of furan rings is 1. The minimum atomic E-state index is -1.33. The van der Waals surface area contributed by atoms with Gasteiger partial charge in [0.15, 0.2) is 0 Å². The van der Waals surface area contributed by atoms with Crippen molar-refractivity contribution in [1.82, 2.24) is 9.62 Å². The summed E-state index contributed by atoms with van der Waals surface area (Å²) in [7, 11) is -1.33. The summed E-state index contributed by atoms with van der Waals surface area (Å²) >= 11 is 0. The lowest BCUT2D eigenvalue weighted by molar-refractivity contribution is 0.0500. The monoisotopic (exact) mass is 484 g/mol. The second kappa shape index (κ2) is 11.7. The summed E-state index contributed by atoms with van der Waals surface area (Å²) in [4.78, 5) is 13.3. The third-order valence-corrected chi connectivity index (χ3v) is 6.66. The highest BCUT2D eigenvalue weighted by Gasteiger charge is 2.23. The van der Waals surface area contributed by atoms with Crippen molar-refractivity contribution < 1.29 is 18.2 Å². The number of ether oxygens (including phenoxy) is 1. The predicted octanol–water partition coefficient (Wildman–Crippen LogP) is 5.94. The Kier molecular flexibility index (Phi) is 8.91. The van der Waals surface area contributed by atoms with E-state index in [1.807, 2.05) is 79.7 Å². The van der Waals surface area contributed by atoms with Crippen LogP contribution in [0.5, 0.6) is 0 Å². The summed E-state index contributed by atoms with van der Waals surface area (Å²) in [5.74, 6) is 0.341. The van der Waals surface area contributed by atoms with E-state index in [2.05, 4.69) is 19.2 Å². The Hall–Kier alpha value is -2.64. The van der Waals surface area contributed by atoms with E-state index in [4.69, 9.17) is 9.15 Å². The van der Waals surface area contributed by atoms with Gasteiger partial charge >= 0.3 is 6.09 Å². The Labute approximate surface area is 205 Å². The molecule has 1 N–H and O–H groups in total. The van der Waals surface area contributed by atoms with Gasteiger partial charge in [0, 0.05) is 24.5 Å². The number of nitrogens with one attached hydrogen (secondary N) is 1. The first-order valence-corrected chi connectivity index (χ1v) is 12.9. The third-order valence-electron chi connectivity index (χ3n) is 5.20. The molecule has 1 amide bonds. The van der Waals surface area contributed by atoms with Gasteiger partial charge in [-0.25, -0.2) is 13.3 Å². The average Bonchev–Trinajstić information content (AvgIpc) is 3.23. The number of hydrogen-bond acceptors (Lipinski definition) is 4. The van der Waals surface area contributed by atoms with Crippen LogP contribution in [0.15, 0.2) is 70.2 Å². The van der Waals surface area contributed by atoms with Crippen LogP contribution in [-0.4, -0.2) is 39.3 Å². The van der Waals surface area contributed by atoms with Crippen LogP contribution in [0.4, 0.5) is 4.79 Å². The van der Waals surface area contributed by atoms with Crippen molar-refractivity contribution in [2.24, 2.45) is 5.92 Å². The molecule has 0 saturated heterocycles. The smallest absolute Gasteiger partial charge is 0.407 e. The minimum absolute atomic E-state index is 0.153. The molecule has 0 aliphatic rings. The molecule has 0 fully saturated rings. The highest BCUT2D eigenvalue weighted by atomic mass is 32.2. The molecule has 0 radical (unpaired) electrons. The number of carbonyl (C=O) groups is 1. The molecule has 2 atom stereocenters. The maximum atomic E-state index is 13.5. The minimum Gasteiger partial charge on any atom is -0.464 e. The first-order chi connectivity index (χ1) is 16.1. The van der Waals surface area contributed by atoms with E-state index in [9.17, 15) is 9.00 Å². The summed E-state index contributed by atoms with van der Waals surface area (Å²) in [6, 6.07) is 17.4. The molecular weight excluding hydrogens is 448 g/mol. The molecule has 1 aromatic heterocycles. The summed E-state index contributed by atoms with van der Waals surface area (Å²) in [6.45, 7) is 11.0. The Bertz CT molecular complexity index is 1090. The van der Waals surface area contributed by atoms with Crippen LogP contribution in [0.3, 0.4) is 0 Å². The molecule has 0 aliphatic carbocycles. The zero-order valence-corrected chi connectivity index (χ0v) is 21.6. The van der Waals surface area contributed by atoms with Crippen molar-refractivity contribution >= 4 is 28.0 Å². The Balaban J connectivity index is 1.74. The number of carbonyl (C=O) groups excluding carboxylic acids is 1. The summed E-state index contributed by atoms with van der Waals surface area (Å²) in [5, 5.41) is 3.97. The van der Waals surface area contributed by atoms with E-state index in [1.54, 1.807) is 6.26 Å². The van der Waals surface area contributed by atoms with Crippen LogP contribution in [0.2, 0.25) is 0 Å². The third kappa shape index (κ3) is 7.99. The molecule has 7 heteroatoms. The average molecular weight is 485 g/mol. The van der Waals surface area contributed by atoms with Gasteiger partial charge in [0.1, 0.15) is 22.2 Å². The number of alkyl carbamates (subject to hydrolysis) is 1. The maximum Gasteiger partial charge on any atom is 0.407 e. The lowest BCUT2D eigenvalue weighted by Gasteiger charge is -2.27. The standard InChI is InChI=1S/C27H36N2O4S/c1-20(2)19-29(34(31)24-11-12-25-22(18-24)14-16-32-25)15-13-23(17-21-9-7-6-8-10-21)28-26(30)33-27(3,4)5/h6-12,14,16,18,20,23H,13,15,17,19H2,1-5H3,(H,28,30)/t23-,34?/m1/s1. The molecule has 184 valence electrons. The van der Waals surface area contributed by atoms with E-state index < -0.39 is 22.7 Å². The highest BCUT2D eigenvalue weighted by Crippen LogP contribution is 2.22. The summed E-state index contributed by atoms with van der Waals surface area (Å²) in [6.07, 6.45) is 2.51. The van der Waals surface area contributed by atoms with E-state index in [0.717, 1.165) is 21.4 Å². The number of rotatable bonds is 10. The summed E-state index contributed by atoms with van der Waals surface area (Å²) in [5.41, 5.74) is 1.34. The zero-order chi connectivity index (χ0) is 24.7. The van der Waals surface area contributed by atoms with Crippen molar-refractivity contribution in [3.05, 3.63) is 66.4 Å². The lowest BCUT2D eigenvalue weighted by Crippen LogP contribution is -2.42. The first kappa shape index (κ1) is 26.0. The van der Waals surface area contributed by atoms with Crippen molar-refractivity contribution in [3.8, 4) is 0 Å². The van der Waals surface area contributed by atoms with Gasteiger partial charge in [-0.3, -0.25) is 0 Å². The SMILES string of the molecule is CC(C)CN(CC[C@H](Cc1ccccc1)NC(=O)OC(C)(C)C)S(=O)c1ccc2occc2c1. The maximum absolute atomic E-state index is 13.5. The normalized spacial score (nSPS) is 13.9. The molecular formula is C27H36N2O4S. The van der Waals surface area contributed by atoms with Gasteiger partial charge in [-0.2, -0.15) is 0 Å². The number of hydrogen-bond donors (Lipinski definition) is 1. The fourth-order valence-electron chi connectivity index (χ4n) is 3.75. The molecule has 0 aliphatic heterocycles. The molecule has 1 unspecified atom stereocenters. The first-order valence-electron chi connectivity index (χ1n) is 11.8. The number of benzene rings is 2. The van der Waals surface area contributed by atoms with Gasteiger partial charge in [0.25, 0.3) is 0 Å². The highest BCUT2D eigenvalue weighted by molar-refractivity contribution is 7.82. The van der Waals surface area contributed by atoms with Crippen LogP contribution in [0, 0.1) is 5.92 Å². The molecule has 0 bridgehead atoms. The topological polar surface area (TPSA) is 71.8 Å². The molecule has 2 aromatic carbocycles. The second-order valence-electron chi connectivity index (χ2n) is 9.97. The number of amides is 1. The van der Waals surface area contributed by atoms with Crippen molar-refractivity contribution in [2.75, 3.05) is 13.1 Å². The van der Waals surface area contributed by atoms with Crippen molar-refractivity contribution in [1.29, 1.82) is 0 Å². The Morgan fingerprint density at radius 3 is 2.53 bits per heavy atom. The van der Waals surface area contributed by atoms with Gasteiger partial charge < -0.3 is 14.5 Å². The number of fused-ring (bicyclic) bond motifs is 1. The van der Waals surface area contributed by atoms with Crippen LogP contribution >= 0.6 is 0 Å². The molecule has 3 aromatic rings. The van der Waals surface area contributed by atoms with E-state index in [-0.39, 0.29) is 6.04 Å². The van der Waals surface area contributed by atoms with Gasteiger partial charge in [0.2, 0.25) is 0 Å².